The zero-order chi connectivity index (χ0) is 32.4. The van der Waals surface area contributed by atoms with Gasteiger partial charge in [-0.3, -0.25) is 9.59 Å². The molecule has 0 saturated heterocycles. The average molecular weight is 611 g/mol. The van der Waals surface area contributed by atoms with E-state index in [1.807, 2.05) is 10.9 Å². The summed E-state index contributed by atoms with van der Waals surface area (Å²) in [4.78, 5) is 25.7. The molecule has 0 amide bonds. The number of hydrogen-bond donors (Lipinski definition) is 3. The first-order valence-corrected chi connectivity index (χ1v) is 16.6. The van der Waals surface area contributed by atoms with Crippen molar-refractivity contribution < 1.29 is 24.5 Å². The van der Waals surface area contributed by atoms with Gasteiger partial charge in [0.1, 0.15) is 6.10 Å². The van der Waals surface area contributed by atoms with E-state index in [2.05, 4.69) is 57.9 Å². The number of allylic oxidation sites excluding steroid dienone is 3. The Morgan fingerprint density at radius 2 is 1.77 bits per heavy atom. The average Bonchev–Trinajstić information content (AvgIpc) is 3.52. The molecule has 0 radical (unpaired) electrons. The molecule has 9 nitrogen and oxygen atoms in total. The lowest BCUT2D eigenvalue weighted by atomic mass is 9.34. The fourth-order valence-corrected chi connectivity index (χ4v) is 11.0. The Kier molecular flexibility index (Phi) is 8.60. The summed E-state index contributed by atoms with van der Waals surface area (Å²) in [5, 5.41) is 32.7. The van der Waals surface area contributed by atoms with Gasteiger partial charge in [0.15, 0.2) is 5.78 Å². The van der Waals surface area contributed by atoms with Gasteiger partial charge < -0.3 is 20.7 Å². The lowest BCUT2D eigenvalue weighted by molar-refractivity contribution is -0.264. The summed E-state index contributed by atoms with van der Waals surface area (Å²) in [6, 6.07) is 0. The fourth-order valence-electron chi connectivity index (χ4n) is 11.0. The Labute approximate surface area is 262 Å². The summed E-state index contributed by atoms with van der Waals surface area (Å²) < 4.78 is 8.03. The van der Waals surface area contributed by atoms with Gasteiger partial charge >= 0.3 is 5.97 Å². The van der Waals surface area contributed by atoms with Crippen molar-refractivity contribution in [2.24, 2.45) is 39.7 Å². The highest BCUT2D eigenvalue weighted by Gasteiger charge is 2.75. The quantitative estimate of drug-likeness (QED) is 0.223. The number of ketones is 1. The maximum absolute atomic E-state index is 13.3. The highest BCUT2D eigenvalue weighted by molar-refractivity contribution is 5.94. The molecule has 244 valence electrons. The molecule has 10 atom stereocenters. The SMILES string of the molecule is CC(=O)O[C@H]1C[C@@]2(C)[C@@H](C[C@@H](O)[C@@H]3[C@]2(C)CC[C@@]2(n4cc(CN)nn4)[C@H](C)[C@H](O)CC[C@]32C)/C1=C(\CCC=C(C)C)C(C)=O. The van der Waals surface area contributed by atoms with Gasteiger partial charge in [-0.05, 0) is 111 Å². The monoisotopic (exact) mass is 610 g/mol. The second-order valence-corrected chi connectivity index (χ2v) is 15.4. The van der Waals surface area contributed by atoms with Crippen molar-refractivity contribution in [2.75, 3.05) is 0 Å². The zero-order valence-electron chi connectivity index (χ0n) is 28.0. The third-order valence-electron chi connectivity index (χ3n) is 13.1. The maximum Gasteiger partial charge on any atom is 0.303 e. The zero-order valence-corrected chi connectivity index (χ0v) is 28.0. The van der Waals surface area contributed by atoms with Crippen LogP contribution >= 0.6 is 0 Å². The molecule has 4 fully saturated rings. The number of fused-ring (bicyclic) bond motifs is 5. The van der Waals surface area contributed by atoms with Gasteiger partial charge in [0.25, 0.3) is 0 Å². The van der Waals surface area contributed by atoms with Gasteiger partial charge in [0.05, 0.1) is 29.6 Å². The van der Waals surface area contributed by atoms with Gasteiger partial charge in [-0.25, -0.2) is 4.68 Å². The number of Topliss-reactive ketones (excluding diaryl/α,β-unsaturated/α-hetero) is 1. The van der Waals surface area contributed by atoms with Gasteiger partial charge in [-0.1, -0.05) is 44.6 Å². The largest absolute Gasteiger partial charge is 0.458 e. The molecule has 44 heavy (non-hydrogen) atoms. The molecule has 1 aromatic heterocycles. The Morgan fingerprint density at radius 3 is 2.36 bits per heavy atom. The first-order chi connectivity index (χ1) is 20.6. The molecule has 0 bridgehead atoms. The normalized spacial score (nSPS) is 42.5. The molecule has 0 spiro atoms. The predicted octanol–water partition coefficient (Wildman–Crippen LogP) is 5.00. The first kappa shape index (κ1) is 33.0. The van der Waals surface area contributed by atoms with Crippen LogP contribution in [0, 0.1) is 34.0 Å². The molecule has 9 heteroatoms. The minimum Gasteiger partial charge on any atom is -0.458 e. The van der Waals surface area contributed by atoms with Gasteiger partial charge in [0, 0.05) is 19.4 Å². The van der Waals surface area contributed by atoms with Gasteiger partial charge in [0.2, 0.25) is 0 Å². The van der Waals surface area contributed by atoms with Crippen LogP contribution in [0.2, 0.25) is 0 Å². The van der Waals surface area contributed by atoms with Crippen LogP contribution in [0.4, 0.5) is 0 Å². The third kappa shape index (κ3) is 4.66. The lowest BCUT2D eigenvalue weighted by Crippen LogP contribution is -2.72. The molecule has 1 heterocycles. The van der Waals surface area contributed by atoms with Gasteiger partial charge in [-0.2, -0.15) is 0 Å². The highest BCUT2D eigenvalue weighted by atomic mass is 16.5. The van der Waals surface area contributed by atoms with E-state index in [-0.39, 0.29) is 46.9 Å². The highest BCUT2D eigenvalue weighted by Crippen LogP contribution is 2.76. The third-order valence-corrected chi connectivity index (χ3v) is 13.1. The Hall–Kier alpha value is -2.36. The van der Waals surface area contributed by atoms with Crippen LogP contribution in [0.5, 0.6) is 0 Å². The van der Waals surface area contributed by atoms with E-state index in [1.54, 1.807) is 6.92 Å². The molecule has 0 unspecified atom stereocenters. The molecular formula is C35H54N4O5. The summed E-state index contributed by atoms with van der Waals surface area (Å²) >= 11 is 0. The molecule has 4 aliphatic rings. The Morgan fingerprint density at radius 1 is 1.07 bits per heavy atom. The number of carbonyl (C=O) groups is 2. The summed E-state index contributed by atoms with van der Waals surface area (Å²) in [5.41, 5.74) is 7.90. The molecule has 4 saturated carbocycles. The van der Waals surface area contributed by atoms with Crippen molar-refractivity contribution in [3.63, 3.8) is 0 Å². The minimum absolute atomic E-state index is 0.0110. The second-order valence-electron chi connectivity index (χ2n) is 15.4. The molecule has 4 N–H and O–H groups in total. The molecular weight excluding hydrogens is 556 g/mol. The van der Waals surface area contributed by atoms with E-state index < -0.39 is 29.3 Å². The summed E-state index contributed by atoms with van der Waals surface area (Å²) in [5.74, 6) is -0.656. The van der Waals surface area contributed by atoms with Crippen LogP contribution in [0.3, 0.4) is 0 Å². The second kappa shape index (κ2) is 11.5. The number of carbonyl (C=O) groups excluding carboxylic acids is 2. The summed E-state index contributed by atoms with van der Waals surface area (Å²) in [6.45, 7) is 16.5. The maximum atomic E-state index is 13.3. The molecule has 0 aromatic carbocycles. The fraction of sp³-hybridized carbons (Fsp3) is 0.771. The Bertz CT molecular complexity index is 1360. The minimum atomic E-state index is -0.653. The first-order valence-electron chi connectivity index (χ1n) is 16.6. The van der Waals surface area contributed by atoms with Crippen molar-refractivity contribution in [3.05, 3.63) is 34.7 Å². The topological polar surface area (TPSA) is 141 Å². The number of esters is 1. The number of aliphatic hydroxyl groups excluding tert-OH is 2. The van der Waals surface area contributed by atoms with Crippen LogP contribution < -0.4 is 5.73 Å². The van der Waals surface area contributed by atoms with Crippen LogP contribution in [0.15, 0.2) is 29.0 Å². The van der Waals surface area contributed by atoms with Crippen molar-refractivity contribution in [1.29, 1.82) is 0 Å². The molecule has 4 aliphatic carbocycles. The van der Waals surface area contributed by atoms with E-state index in [1.165, 1.54) is 12.5 Å². The number of nitrogens with zero attached hydrogens (tertiary/aromatic N) is 3. The molecule has 1 aromatic rings. The van der Waals surface area contributed by atoms with E-state index in [4.69, 9.17) is 10.5 Å². The van der Waals surface area contributed by atoms with Crippen molar-refractivity contribution in [2.45, 2.75) is 137 Å². The van der Waals surface area contributed by atoms with Crippen molar-refractivity contribution >= 4 is 11.8 Å². The predicted molar refractivity (Wildman–Crippen MR) is 168 cm³/mol. The summed E-state index contributed by atoms with van der Waals surface area (Å²) in [7, 11) is 0. The summed E-state index contributed by atoms with van der Waals surface area (Å²) in [6.07, 6.45) is 7.83. The number of aliphatic hydroxyl groups is 2. The van der Waals surface area contributed by atoms with E-state index >= 15 is 0 Å². The number of rotatable bonds is 7. The van der Waals surface area contributed by atoms with Crippen LogP contribution in [0.25, 0.3) is 0 Å². The standard InChI is InChI=1S/C35H54N4O5/c1-20(2)10-9-11-25(22(4)40)30-26-16-28(43)31-32(6,34(26,8)17-29(30)44-23(5)41)14-15-35(39-19-24(18-36)37-38-39)21(3)27(42)12-13-33(31,35)7/h10,19,21,26-29,31,42-43H,9,11-18,36H2,1-8H3/b30-25-/t21-,26+,27-,28-,29+,31-,32+,33-,34+,35-/m1/s1. The number of hydrogen-bond acceptors (Lipinski definition) is 8. The smallest absolute Gasteiger partial charge is 0.303 e. The number of ether oxygens (including phenoxy) is 1. The van der Waals surface area contributed by atoms with Crippen molar-refractivity contribution in [1.82, 2.24) is 15.0 Å². The van der Waals surface area contributed by atoms with E-state index in [0.29, 0.717) is 31.4 Å². The number of nitrogens with two attached hydrogens (primary N) is 1. The van der Waals surface area contributed by atoms with Crippen LogP contribution in [0.1, 0.15) is 112 Å². The van der Waals surface area contributed by atoms with Gasteiger partial charge in [-0.15, -0.1) is 5.10 Å². The van der Waals surface area contributed by atoms with E-state index in [0.717, 1.165) is 36.8 Å². The number of aromatic nitrogens is 3. The van der Waals surface area contributed by atoms with E-state index in [9.17, 15) is 19.8 Å². The van der Waals surface area contributed by atoms with Crippen LogP contribution in [-0.2, 0) is 26.4 Å². The Balaban J connectivity index is 1.66. The molecule has 0 aliphatic heterocycles. The van der Waals surface area contributed by atoms with Crippen molar-refractivity contribution in [3.8, 4) is 0 Å². The lowest BCUT2D eigenvalue weighted by Gasteiger charge is -2.72. The molecule has 5 rings (SSSR count). The van der Waals surface area contributed by atoms with Crippen LogP contribution in [-0.4, -0.2) is 55.3 Å².